The van der Waals surface area contributed by atoms with Crippen LogP contribution in [0, 0.1) is 16.0 Å². The SMILES string of the molecule is CCCCCCOc1ccc2c(c1)C1C=CCC1C(c1cc([N+](=O)[O-])ccc1Cl)N2. The lowest BCUT2D eigenvalue weighted by Crippen LogP contribution is -2.29. The molecule has 0 radical (unpaired) electrons. The number of non-ortho nitro benzene ring substituents is 1. The summed E-state index contributed by atoms with van der Waals surface area (Å²) >= 11 is 6.47. The highest BCUT2D eigenvalue weighted by molar-refractivity contribution is 6.31. The number of nitrogens with zero attached hydrogens (tertiary/aromatic N) is 1. The molecule has 1 heterocycles. The van der Waals surface area contributed by atoms with E-state index in [9.17, 15) is 10.1 Å². The largest absolute Gasteiger partial charge is 0.494 e. The molecule has 1 aliphatic heterocycles. The van der Waals surface area contributed by atoms with E-state index in [2.05, 4.69) is 36.5 Å². The fraction of sp³-hybridized carbons (Fsp3) is 0.417. The average molecular weight is 427 g/mol. The molecule has 4 rings (SSSR count). The maximum Gasteiger partial charge on any atom is 0.269 e. The van der Waals surface area contributed by atoms with Gasteiger partial charge in [-0.05, 0) is 48.6 Å². The Kier molecular flexibility index (Phi) is 6.28. The normalized spacial score (nSPS) is 21.6. The van der Waals surface area contributed by atoms with Crippen LogP contribution in [0.4, 0.5) is 11.4 Å². The second-order valence-electron chi connectivity index (χ2n) is 8.10. The van der Waals surface area contributed by atoms with Crippen LogP contribution in [0.15, 0.2) is 48.6 Å². The Morgan fingerprint density at radius 1 is 1.17 bits per heavy atom. The van der Waals surface area contributed by atoms with Gasteiger partial charge in [0, 0.05) is 34.3 Å². The third-order valence-corrected chi connectivity index (χ3v) is 6.47. The van der Waals surface area contributed by atoms with Crippen molar-refractivity contribution in [3.05, 3.63) is 74.8 Å². The van der Waals surface area contributed by atoms with Crippen molar-refractivity contribution in [1.29, 1.82) is 0 Å². The summed E-state index contributed by atoms with van der Waals surface area (Å²) < 4.78 is 5.99. The van der Waals surface area contributed by atoms with Crippen molar-refractivity contribution in [2.75, 3.05) is 11.9 Å². The Hall–Kier alpha value is -2.53. The van der Waals surface area contributed by atoms with Crippen LogP contribution in [0.1, 0.15) is 62.1 Å². The van der Waals surface area contributed by atoms with Gasteiger partial charge in [-0.2, -0.15) is 0 Å². The van der Waals surface area contributed by atoms with Gasteiger partial charge in [-0.15, -0.1) is 0 Å². The van der Waals surface area contributed by atoms with E-state index in [1.165, 1.54) is 30.9 Å². The Morgan fingerprint density at radius 2 is 2.03 bits per heavy atom. The second-order valence-corrected chi connectivity index (χ2v) is 8.50. The van der Waals surface area contributed by atoms with Gasteiger partial charge in [0.1, 0.15) is 5.75 Å². The Labute approximate surface area is 182 Å². The molecule has 3 atom stereocenters. The number of hydrogen-bond donors (Lipinski definition) is 1. The molecule has 2 aliphatic rings. The molecule has 2 aromatic rings. The fourth-order valence-corrected chi connectivity index (χ4v) is 4.81. The molecule has 5 nitrogen and oxygen atoms in total. The summed E-state index contributed by atoms with van der Waals surface area (Å²) in [4.78, 5) is 10.9. The summed E-state index contributed by atoms with van der Waals surface area (Å²) in [7, 11) is 0. The number of halogens is 1. The van der Waals surface area contributed by atoms with Gasteiger partial charge in [0.25, 0.3) is 5.69 Å². The predicted octanol–water partition coefficient (Wildman–Crippen LogP) is 7.03. The summed E-state index contributed by atoms with van der Waals surface area (Å²) in [6.07, 6.45) is 10.1. The number of fused-ring (bicyclic) bond motifs is 3. The molecular weight excluding hydrogens is 400 g/mol. The van der Waals surface area contributed by atoms with Crippen molar-refractivity contribution in [3.8, 4) is 5.75 Å². The number of anilines is 1. The van der Waals surface area contributed by atoms with Crippen molar-refractivity contribution in [1.82, 2.24) is 0 Å². The van der Waals surface area contributed by atoms with Gasteiger partial charge in [-0.3, -0.25) is 10.1 Å². The number of unbranched alkanes of at least 4 members (excludes halogenated alkanes) is 3. The highest BCUT2D eigenvalue weighted by Gasteiger charge is 2.39. The van der Waals surface area contributed by atoms with E-state index < -0.39 is 0 Å². The van der Waals surface area contributed by atoms with Crippen molar-refractivity contribution >= 4 is 23.0 Å². The Morgan fingerprint density at radius 3 is 2.83 bits per heavy atom. The summed E-state index contributed by atoms with van der Waals surface area (Å²) in [5.41, 5.74) is 3.11. The van der Waals surface area contributed by atoms with Crippen molar-refractivity contribution in [2.45, 2.75) is 51.0 Å². The lowest BCUT2D eigenvalue weighted by atomic mass is 9.77. The molecule has 6 heteroatoms. The van der Waals surface area contributed by atoms with E-state index in [0.29, 0.717) is 5.02 Å². The van der Waals surface area contributed by atoms with Gasteiger partial charge in [-0.25, -0.2) is 0 Å². The van der Waals surface area contributed by atoms with Crippen LogP contribution in [0.25, 0.3) is 0 Å². The van der Waals surface area contributed by atoms with Crippen LogP contribution < -0.4 is 10.1 Å². The number of nitrogens with one attached hydrogen (secondary N) is 1. The molecule has 0 aromatic heterocycles. The van der Waals surface area contributed by atoms with E-state index in [0.717, 1.165) is 36.4 Å². The number of nitro groups is 1. The third kappa shape index (κ3) is 4.17. The maximum absolute atomic E-state index is 11.3. The molecule has 0 bridgehead atoms. The fourth-order valence-electron chi connectivity index (χ4n) is 4.57. The first-order valence-corrected chi connectivity index (χ1v) is 11.1. The molecule has 30 heavy (non-hydrogen) atoms. The van der Waals surface area contributed by atoms with Gasteiger partial charge in [-0.1, -0.05) is 49.9 Å². The molecule has 0 fully saturated rings. The molecule has 2 aromatic carbocycles. The first kappa shape index (κ1) is 20.7. The Bertz CT molecular complexity index is 959. The van der Waals surface area contributed by atoms with Crippen LogP contribution in [0.5, 0.6) is 5.75 Å². The number of allylic oxidation sites excluding steroid dienone is 2. The average Bonchev–Trinajstić information content (AvgIpc) is 3.24. The molecule has 0 saturated carbocycles. The van der Waals surface area contributed by atoms with Crippen LogP contribution in [0.2, 0.25) is 5.02 Å². The zero-order valence-corrected chi connectivity index (χ0v) is 17.9. The number of ether oxygens (including phenoxy) is 1. The van der Waals surface area contributed by atoms with Crippen molar-refractivity contribution in [2.24, 2.45) is 5.92 Å². The third-order valence-electron chi connectivity index (χ3n) is 6.13. The first-order valence-electron chi connectivity index (χ1n) is 10.7. The van der Waals surface area contributed by atoms with Gasteiger partial charge in [0.15, 0.2) is 0 Å². The topological polar surface area (TPSA) is 64.4 Å². The molecule has 0 amide bonds. The molecular formula is C24H27ClN2O3. The lowest BCUT2D eigenvalue weighted by molar-refractivity contribution is -0.384. The van der Waals surface area contributed by atoms with Gasteiger partial charge < -0.3 is 10.1 Å². The van der Waals surface area contributed by atoms with E-state index in [1.54, 1.807) is 12.1 Å². The van der Waals surface area contributed by atoms with E-state index >= 15 is 0 Å². The molecule has 1 N–H and O–H groups in total. The summed E-state index contributed by atoms with van der Waals surface area (Å²) in [5, 5.41) is 15.4. The highest BCUT2D eigenvalue weighted by Crippen LogP contribution is 2.51. The summed E-state index contributed by atoms with van der Waals surface area (Å²) in [6, 6.07) is 10.8. The zero-order valence-electron chi connectivity index (χ0n) is 17.1. The second kappa shape index (κ2) is 9.09. The van der Waals surface area contributed by atoms with E-state index in [1.807, 2.05) is 6.07 Å². The number of nitro benzene ring substituents is 1. The minimum atomic E-state index is -0.370. The van der Waals surface area contributed by atoms with Crippen LogP contribution >= 0.6 is 11.6 Å². The van der Waals surface area contributed by atoms with Crippen molar-refractivity contribution in [3.63, 3.8) is 0 Å². The minimum Gasteiger partial charge on any atom is -0.494 e. The van der Waals surface area contributed by atoms with E-state index in [4.69, 9.17) is 16.3 Å². The molecule has 0 saturated heterocycles. The van der Waals surface area contributed by atoms with Gasteiger partial charge >= 0.3 is 0 Å². The highest BCUT2D eigenvalue weighted by atomic mass is 35.5. The minimum absolute atomic E-state index is 0.0660. The summed E-state index contributed by atoms with van der Waals surface area (Å²) in [6.45, 7) is 2.94. The molecule has 1 aliphatic carbocycles. The Balaban J connectivity index is 1.58. The zero-order chi connectivity index (χ0) is 21.1. The smallest absolute Gasteiger partial charge is 0.269 e. The molecule has 158 valence electrons. The van der Waals surface area contributed by atoms with E-state index in [-0.39, 0.29) is 28.5 Å². The van der Waals surface area contributed by atoms with Gasteiger partial charge in [0.2, 0.25) is 0 Å². The maximum atomic E-state index is 11.3. The first-order chi connectivity index (χ1) is 14.6. The molecule has 3 unspecified atom stereocenters. The number of hydrogen-bond acceptors (Lipinski definition) is 4. The predicted molar refractivity (Wildman–Crippen MR) is 121 cm³/mol. The summed E-state index contributed by atoms with van der Waals surface area (Å²) in [5.74, 6) is 1.40. The van der Waals surface area contributed by atoms with Crippen LogP contribution in [-0.4, -0.2) is 11.5 Å². The quantitative estimate of drug-likeness (QED) is 0.213. The standard InChI is InChI=1S/C24H27ClN2O3/c1-2-3-4-5-13-30-17-10-12-23-20(15-17)18-7-6-8-19(18)24(26-23)21-14-16(27(28)29)9-11-22(21)25/h6-7,9-12,14-15,18-19,24,26H,2-5,8,13H2,1H3. The number of benzene rings is 2. The number of rotatable bonds is 8. The molecule has 0 spiro atoms. The van der Waals surface area contributed by atoms with Crippen LogP contribution in [-0.2, 0) is 0 Å². The van der Waals surface area contributed by atoms with Crippen molar-refractivity contribution < 1.29 is 9.66 Å². The van der Waals surface area contributed by atoms with Crippen LogP contribution in [0.3, 0.4) is 0 Å². The monoisotopic (exact) mass is 426 g/mol. The lowest BCUT2D eigenvalue weighted by Gasteiger charge is -2.38. The van der Waals surface area contributed by atoms with Gasteiger partial charge in [0.05, 0.1) is 17.6 Å².